The summed E-state index contributed by atoms with van der Waals surface area (Å²) >= 11 is 0. The number of nitrogens with zero attached hydrogens (tertiary/aromatic N) is 5. The van der Waals surface area contributed by atoms with Crippen molar-refractivity contribution < 1.29 is 14.3 Å². The zero-order valence-corrected chi connectivity index (χ0v) is 16.9. The van der Waals surface area contributed by atoms with E-state index in [1.807, 2.05) is 11.8 Å². The topological polar surface area (TPSA) is 105 Å². The van der Waals surface area contributed by atoms with Crippen LogP contribution in [0.3, 0.4) is 0 Å². The Bertz CT molecular complexity index is 717. The third-order valence-corrected chi connectivity index (χ3v) is 5.37. The second kappa shape index (κ2) is 8.30. The predicted molar refractivity (Wildman–Crippen MR) is 106 cm³/mol. The molecule has 0 atom stereocenters. The van der Waals surface area contributed by atoms with Crippen LogP contribution in [0.15, 0.2) is 12.3 Å². The van der Waals surface area contributed by atoms with E-state index in [0.29, 0.717) is 64.0 Å². The van der Waals surface area contributed by atoms with Gasteiger partial charge in [0.15, 0.2) is 0 Å². The first-order valence-corrected chi connectivity index (χ1v) is 9.94. The van der Waals surface area contributed by atoms with Crippen LogP contribution >= 0.6 is 0 Å². The SMILES string of the molecule is CCOCCN1C(=O)N(CC(C)C)C2(CCN(c3nccc(N)n3)CC2)C1=O. The molecule has 0 aliphatic carbocycles. The van der Waals surface area contributed by atoms with Crippen molar-refractivity contribution in [3.05, 3.63) is 12.3 Å². The molecule has 0 saturated carbocycles. The van der Waals surface area contributed by atoms with Crippen molar-refractivity contribution in [1.82, 2.24) is 19.8 Å². The normalized spacial score (nSPS) is 19.4. The molecule has 0 radical (unpaired) electrons. The van der Waals surface area contributed by atoms with Crippen LogP contribution in [-0.4, -0.2) is 76.6 Å². The number of urea groups is 1. The molecule has 2 saturated heterocycles. The molecule has 2 aliphatic rings. The number of anilines is 2. The Morgan fingerprint density at radius 1 is 1.29 bits per heavy atom. The number of carbonyl (C=O) groups is 2. The number of hydrogen-bond acceptors (Lipinski definition) is 7. The fourth-order valence-corrected chi connectivity index (χ4v) is 3.97. The molecule has 0 bridgehead atoms. The number of rotatable bonds is 7. The van der Waals surface area contributed by atoms with Crippen LogP contribution in [0.2, 0.25) is 0 Å². The van der Waals surface area contributed by atoms with Gasteiger partial charge in [-0.3, -0.25) is 9.69 Å². The molecule has 3 heterocycles. The predicted octanol–water partition coefficient (Wildman–Crippen LogP) is 1.35. The Morgan fingerprint density at radius 2 is 2.00 bits per heavy atom. The van der Waals surface area contributed by atoms with E-state index in [1.54, 1.807) is 17.2 Å². The molecule has 1 aromatic rings. The van der Waals surface area contributed by atoms with Crippen LogP contribution in [-0.2, 0) is 9.53 Å². The van der Waals surface area contributed by atoms with E-state index in [1.165, 1.54) is 4.90 Å². The molecule has 1 aromatic heterocycles. The smallest absolute Gasteiger partial charge is 0.327 e. The van der Waals surface area contributed by atoms with Gasteiger partial charge in [-0.15, -0.1) is 0 Å². The van der Waals surface area contributed by atoms with Crippen molar-refractivity contribution in [3.8, 4) is 0 Å². The van der Waals surface area contributed by atoms with E-state index in [4.69, 9.17) is 10.5 Å². The molecule has 2 N–H and O–H groups in total. The van der Waals surface area contributed by atoms with Crippen LogP contribution in [0.1, 0.15) is 33.6 Å². The van der Waals surface area contributed by atoms with Gasteiger partial charge in [0.05, 0.1) is 13.2 Å². The largest absolute Gasteiger partial charge is 0.384 e. The Hall–Kier alpha value is -2.42. The minimum Gasteiger partial charge on any atom is -0.384 e. The van der Waals surface area contributed by atoms with Crippen molar-refractivity contribution in [1.29, 1.82) is 0 Å². The molecule has 2 aliphatic heterocycles. The summed E-state index contributed by atoms with van der Waals surface area (Å²) in [6, 6.07) is 1.45. The minimum atomic E-state index is -0.787. The number of piperidine rings is 1. The van der Waals surface area contributed by atoms with Crippen LogP contribution in [0.25, 0.3) is 0 Å². The van der Waals surface area contributed by atoms with E-state index in [2.05, 4.69) is 23.8 Å². The lowest BCUT2D eigenvalue weighted by Gasteiger charge is -2.42. The molecule has 2 fully saturated rings. The van der Waals surface area contributed by atoms with E-state index < -0.39 is 5.54 Å². The quantitative estimate of drug-likeness (QED) is 0.553. The molecule has 3 rings (SSSR count). The highest BCUT2D eigenvalue weighted by atomic mass is 16.5. The molecular formula is C19H30N6O3. The zero-order chi connectivity index (χ0) is 20.3. The summed E-state index contributed by atoms with van der Waals surface area (Å²) in [6.07, 6.45) is 2.73. The van der Waals surface area contributed by atoms with Gasteiger partial charge in [0.2, 0.25) is 5.95 Å². The molecule has 3 amide bonds. The van der Waals surface area contributed by atoms with Crippen molar-refractivity contribution in [2.45, 2.75) is 39.2 Å². The number of hydrogen-bond donors (Lipinski definition) is 1. The maximum absolute atomic E-state index is 13.3. The van der Waals surface area contributed by atoms with Gasteiger partial charge in [-0.25, -0.2) is 9.78 Å². The van der Waals surface area contributed by atoms with Crippen molar-refractivity contribution in [2.75, 3.05) is 50.0 Å². The second-order valence-electron chi connectivity index (χ2n) is 7.74. The molecule has 0 aromatic carbocycles. The lowest BCUT2D eigenvalue weighted by atomic mass is 9.85. The number of aromatic nitrogens is 2. The Morgan fingerprint density at radius 3 is 2.61 bits per heavy atom. The van der Waals surface area contributed by atoms with Gasteiger partial charge in [-0.05, 0) is 31.7 Å². The van der Waals surface area contributed by atoms with E-state index in [0.717, 1.165) is 0 Å². The molecule has 9 heteroatoms. The number of nitrogen functional groups attached to an aromatic ring is 1. The lowest BCUT2D eigenvalue weighted by molar-refractivity contribution is -0.134. The molecule has 0 unspecified atom stereocenters. The maximum atomic E-state index is 13.3. The highest BCUT2D eigenvalue weighted by molar-refractivity contribution is 6.07. The monoisotopic (exact) mass is 390 g/mol. The van der Waals surface area contributed by atoms with E-state index >= 15 is 0 Å². The first-order chi connectivity index (χ1) is 13.4. The van der Waals surface area contributed by atoms with Gasteiger partial charge in [0.25, 0.3) is 5.91 Å². The Kier molecular flexibility index (Phi) is 6.02. The van der Waals surface area contributed by atoms with Gasteiger partial charge in [-0.2, -0.15) is 4.98 Å². The van der Waals surface area contributed by atoms with Gasteiger partial charge in [0, 0.05) is 32.4 Å². The third kappa shape index (κ3) is 3.76. The average Bonchev–Trinajstić information content (AvgIpc) is 2.85. The first-order valence-electron chi connectivity index (χ1n) is 9.94. The molecular weight excluding hydrogens is 360 g/mol. The summed E-state index contributed by atoms with van der Waals surface area (Å²) in [7, 11) is 0. The Labute approximate surface area is 165 Å². The summed E-state index contributed by atoms with van der Waals surface area (Å²) in [5.41, 5.74) is 4.98. The van der Waals surface area contributed by atoms with E-state index in [9.17, 15) is 9.59 Å². The summed E-state index contributed by atoms with van der Waals surface area (Å²) < 4.78 is 5.37. The van der Waals surface area contributed by atoms with Gasteiger partial charge < -0.3 is 20.3 Å². The highest BCUT2D eigenvalue weighted by Gasteiger charge is 2.57. The Balaban J connectivity index is 1.79. The van der Waals surface area contributed by atoms with Crippen molar-refractivity contribution in [2.24, 2.45) is 5.92 Å². The summed E-state index contributed by atoms with van der Waals surface area (Å²) in [5, 5.41) is 0. The average molecular weight is 390 g/mol. The highest BCUT2D eigenvalue weighted by Crippen LogP contribution is 2.38. The second-order valence-corrected chi connectivity index (χ2v) is 7.74. The van der Waals surface area contributed by atoms with Crippen LogP contribution in [0.4, 0.5) is 16.6 Å². The zero-order valence-electron chi connectivity index (χ0n) is 16.9. The standard InChI is InChI=1S/C19H30N6O3/c1-4-28-12-11-24-16(26)19(25(18(24)27)13-14(2)3)6-9-23(10-7-19)17-21-8-5-15(20)22-17/h5,8,14H,4,6-7,9-13H2,1-3H3,(H2,20,21,22). The number of nitrogens with two attached hydrogens (primary N) is 1. The van der Waals surface area contributed by atoms with Crippen LogP contribution in [0.5, 0.6) is 0 Å². The van der Waals surface area contributed by atoms with E-state index in [-0.39, 0.29) is 17.9 Å². The molecule has 154 valence electrons. The fraction of sp³-hybridized carbons (Fsp3) is 0.684. The van der Waals surface area contributed by atoms with Gasteiger partial charge in [-0.1, -0.05) is 13.8 Å². The van der Waals surface area contributed by atoms with Crippen LogP contribution < -0.4 is 10.6 Å². The third-order valence-electron chi connectivity index (χ3n) is 5.37. The number of amides is 3. The van der Waals surface area contributed by atoms with Crippen LogP contribution in [0, 0.1) is 5.92 Å². The first kappa shape index (κ1) is 20.3. The lowest BCUT2D eigenvalue weighted by Crippen LogP contribution is -2.57. The number of carbonyl (C=O) groups excluding carboxylic acids is 2. The summed E-state index contributed by atoms with van der Waals surface area (Å²) in [6.45, 7) is 8.98. The summed E-state index contributed by atoms with van der Waals surface area (Å²) in [5.74, 6) is 1.15. The molecule has 28 heavy (non-hydrogen) atoms. The summed E-state index contributed by atoms with van der Waals surface area (Å²) in [4.78, 5) is 40.1. The minimum absolute atomic E-state index is 0.106. The van der Waals surface area contributed by atoms with Gasteiger partial charge >= 0.3 is 6.03 Å². The van der Waals surface area contributed by atoms with Crippen molar-refractivity contribution in [3.63, 3.8) is 0 Å². The molecule has 1 spiro atoms. The number of imide groups is 1. The fourth-order valence-electron chi connectivity index (χ4n) is 3.97. The number of ether oxygens (including phenoxy) is 1. The van der Waals surface area contributed by atoms with Crippen molar-refractivity contribution >= 4 is 23.7 Å². The van der Waals surface area contributed by atoms with Gasteiger partial charge in [0.1, 0.15) is 11.4 Å². The molecule has 9 nitrogen and oxygen atoms in total. The maximum Gasteiger partial charge on any atom is 0.327 e.